The molecular formula is C29H42N4S. The van der Waals surface area contributed by atoms with E-state index in [0.717, 1.165) is 32.1 Å². The molecule has 5 heteroatoms. The molecule has 1 aliphatic carbocycles. The maximum absolute atomic E-state index is 3.64. The van der Waals surface area contributed by atoms with Crippen LogP contribution in [0, 0.1) is 0 Å². The summed E-state index contributed by atoms with van der Waals surface area (Å²) in [6.07, 6.45) is 12.7. The first-order chi connectivity index (χ1) is 16.6. The molecule has 5 rings (SSSR count). The van der Waals surface area contributed by atoms with E-state index < -0.39 is 0 Å². The Balaban J connectivity index is 0.000000172. The zero-order chi connectivity index (χ0) is 23.8. The first-order valence-corrected chi connectivity index (χ1v) is 13.8. The molecule has 4 nitrogen and oxygen atoms in total. The van der Waals surface area contributed by atoms with Crippen molar-refractivity contribution < 1.29 is 0 Å². The van der Waals surface area contributed by atoms with Gasteiger partial charge in [0.05, 0.1) is 5.00 Å². The van der Waals surface area contributed by atoms with Gasteiger partial charge in [0.2, 0.25) is 0 Å². The highest BCUT2D eigenvalue weighted by Crippen LogP contribution is 2.32. The molecule has 3 aliphatic rings. The van der Waals surface area contributed by atoms with Crippen LogP contribution in [0.4, 0.5) is 5.00 Å². The van der Waals surface area contributed by atoms with Crippen LogP contribution >= 0.6 is 11.3 Å². The molecule has 0 amide bonds. The number of anilines is 1. The predicted octanol–water partition coefficient (Wildman–Crippen LogP) is 5.96. The number of allylic oxidation sites excluding steroid dienone is 1. The van der Waals surface area contributed by atoms with Crippen LogP contribution in [0.5, 0.6) is 0 Å². The summed E-state index contributed by atoms with van der Waals surface area (Å²) >= 11 is 1.80. The van der Waals surface area contributed by atoms with Gasteiger partial charge in [-0.1, -0.05) is 42.0 Å². The summed E-state index contributed by atoms with van der Waals surface area (Å²) in [7, 11) is 6.35. The highest BCUT2D eigenvalue weighted by Gasteiger charge is 2.15. The average Bonchev–Trinajstić information content (AvgIpc) is 3.32. The largest absolute Gasteiger partial charge is 0.380 e. The van der Waals surface area contributed by atoms with Crippen LogP contribution < -0.4 is 10.6 Å². The van der Waals surface area contributed by atoms with E-state index in [-0.39, 0.29) is 0 Å². The van der Waals surface area contributed by atoms with Gasteiger partial charge in [0, 0.05) is 37.6 Å². The Kier molecular flexibility index (Phi) is 9.40. The number of likely N-dealkylation sites (tertiary alicyclic amines) is 1. The lowest BCUT2D eigenvalue weighted by Crippen LogP contribution is -2.40. The lowest BCUT2D eigenvalue weighted by atomic mass is 9.92. The third kappa shape index (κ3) is 7.29. The number of rotatable bonds is 6. The van der Waals surface area contributed by atoms with Crippen LogP contribution in [0.3, 0.4) is 0 Å². The monoisotopic (exact) mass is 478 g/mol. The SMILES string of the molecule is CN1CCC(NCC=C2CCC2)CC1.CNc1ccc(-c2ccc(C3=CCN(C)CC3)cc2)s1. The van der Waals surface area contributed by atoms with Gasteiger partial charge in [0.25, 0.3) is 0 Å². The van der Waals surface area contributed by atoms with Crippen molar-refractivity contribution in [2.24, 2.45) is 0 Å². The van der Waals surface area contributed by atoms with Gasteiger partial charge in [0.15, 0.2) is 0 Å². The number of nitrogens with one attached hydrogen (secondary N) is 2. The molecule has 34 heavy (non-hydrogen) atoms. The lowest BCUT2D eigenvalue weighted by molar-refractivity contribution is 0.238. The van der Waals surface area contributed by atoms with Gasteiger partial charge in [-0.3, -0.25) is 0 Å². The number of likely N-dealkylation sites (N-methyl/N-ethyl adjacent to an activating group) is 1. The fourth-order valence-electron chi connectivity index (χ4n) is 4.68. The second kappa shape index (κ2) is 12.7. The maximum Gasteiger partial charge on any atom is 0.0886 e. The molecule has 3 heterocycles. The van der Waals surface area contributed by atoms with E-state index in [0.29, 0.717) is 0 Å². The van der Waals surface area contributed by atoms with Crippen LogP contribution in [0.2, 0.25) is 0 Å². The number of piperidine rings is 1. The molecule has 184 valence electrons. The molecule has 0 bridgehead atoms. The summed E-state index contributed by atoms with van der Waals surface area (Å²) in [5.41, 5.74) is 5.82. The second-order valence-corrected chi connectivity index (χ2v) is 11.0. The van der Waals surface area contributed by atoms with E-state index in [4.69, 9.17) is 0 Å². The van der Waals surface area contributed by atoms with Crippen molar-refractivity contribution in [1.29, 1.82) is 0 Å². The Bertz CT molecular complexity index is 945. The van der Waals surface area contributed by atoms with Crippen LogP contribution in [-0.4, -0.2) is 69.7 Å². The van der Waals surface area contributed by atoms with Crippen molar-refractivity contribution in [2.45, 2.75) is 44.6 Å². The summed E-state index contributed by atoms with van der Waals surface area (Å²) in [5, 5.41) is 8.04. The molecule has 0 radical (unpaired) electrons. The molecule has 1 aromatic carbocycles. The van der Waals surface area contributed by atoms with Gasteiger partial charge >= 0.3 is 0 Å². The topological polar surface area (TPSA) is 30.5 Å². The number of benzene rings is 1. The summed E-state index contributed by atoms with van der Waals surface area (Å²) < 4.78 is 0. The van der Waals surface area contributed by atoms with Crippen molar-refractivity contribution in [2.75, 3.05) is 59.2 Å². The zero-order valence-corrected chi connectivity index (χ0v) is 22.1. The van der Waals surface area contributed by atoms with E-state index in [1.165, 1.54) is 71.8 Å². The van der Waals surface area contributed by atoms with Crippen molar-refractivity contribution in [3.05, 3.63) is 59.7 Å². The Morgan fingerprint density at radius 1 is 0.912 bits per heavy atom. The summed E-state index contributed by atoms with van der Waals surface area (Å²) in [4.78, 5) is 6.09. The Morgan fingerprint density at radius 2 is 1.65 bits per heavy atom. The third-order valence-corrected chi connectivity index (χ3v) is 8.47. The number of nitrogens with zero attached hydrogens (tertiary/aromatic N) is 2. The van der Waals surface area contributed by atoms with Gasteiger partial charge < -0.3 is 20.4 Å². The fourth-order valence-corrected chi connectivity index (χ4v) is 5.54. The zero-order valence-electron chi connectivity index (χ0n) is 21.3. The van der Waals surface area contributed by atoms with Crippen molar-refractivity contribution in [1.82, 2.24) is 15.1 Å². The molecular weight excluding hydrogens is 436 g/mol. The Labute approximate surface area is 210 Å². The normalized spacial score (nSPS) is 19.6. The Hall–Kier alpha value is -1.92. The molecule has 0 spiro atoms. The fraction of sp³-hybridized carbons (Fsp3) is 0.517. The summed E-state index contributed by atoms with van der Waals surface area (Å²) in [5.74, 6) is 0. The summed E-state index contributed by atoms with van der Waals surface area (Å²) in [6.45, 7) is 5.84. The lowest BCUT2D eigenvalue weighted by Gasteiger charge is -2.29. The van der Waals surface area contributed by atoms with Crippen LogP contribution in [0.25, 0.3) is 16.0 Å². The minimum Gasteiger partial charge on any atom is -0.380 e. The van der Waals surface area contributed by atoms with E-state index >= 15 is 0 Å². The average molecular weight is 479 g/mol. The second-order valence-electron chi connectivity index (χ2n) is 9.93. The van der Waals surface area contributed by atoms with Gasteiger partial charge in [-0.2, -0.15) is 0 Å². The van der Waals surface area contributed by atoms with Gasteiger partial charge in [-0.05, 0) is 94.5 Å². The molecule has 1 aromatic heterocycles. The van der Waals surface area contributed by atoms with E-state index in [1.54, 1.807) is 16.9 Å². The quantitative estimate of drug-likeness (QED) is 0.502. The minimum atomic E-state index is 0.767. The summed E-state index contributed by atoms with van der Waals surface area (Å²) in [6, 6.07) is 14.1. The molecule has 0 atom stereocenters. The number of hydrogen-bond donors (Lipinski definition) is 2. The van der Waals surface area contributed by atoms with Crippen molar-refractivity contribution >= 4 is 21.9 Å². The van der Waals surface area contributed by atoms with Crippen molar-refractivity contribution in [3.63, 3.8) is 0 Å². The smallest absolute Gasteiger partial charge is 0.0886 e. The molecule has 1 saturated heterocycles. The Morgan fingerprint density at radius 3 is 2.24 bits per heavy atom. The van der Waals surface area contributed by atoms with E-state index in [9.17, 15) is 0 Å². The van der Waals surface area contributed by atoms with E-state index in [2.05, 4.69) is 83.1 Å². The van der Waals surface area contributed by atoms with Crippen molar-refractivity contribution in [3.8, 4) is 10.4 Å². The highest BCUT2D eigenvalue weighted by atomic mass is 32.1. The van der Waals surface area contributed by atoms with Gasteiger partial charge in [0.1, 0.15) is 0 Å². The first-order valence-electron chi connectivity index (χ1n) is 13.0. The van der Waals surface area contributed by atoms with Crippen LogP contribution in [0.1, 0.15) is 44.1 Å². The van der Waals surface area contributed by atoms with Gasteiger partial charge in [-0.15, -0.1) is 11.3 Å². The van der Waals surface area contributed by atoms with Gasteiger partial charge in [-0.25, -0.2) is 0 Å². The number of thiophene rings is 1. The minimum absolute atomic E-state index is 0.767. The van der Waals surface area contributed by atoms with Crippen LogP contribution in [-0.2, 0) is 0 Å². The molecule has 0 unspecified atom stereocenters. The molecule has 2 N–H and O–H groups in total. The molecule has 2 aliphatic heterocycles. The third-order valence-electron chi connectivity index (χ3n) is 7.32. The molecule has 1 saturated carbocycles. The molecule has 2 aromatic rings. The number of hydrogen-bond acceptors (Lipinski definition) is 5. The van der Waals surface area contributed by atoms with E-state index in [1.807, 2.05) is 7.05 Å². The predicted molar refractivity (Wildman–Crippen MR) is 150 cm³/mol. The standard InChI is InChI=1S/C17H20N2S.C12H22N2/c1-18-17-8-7-16(20-17)15-5-3-13(4-6-15)14-9-11-19(2)12-10-14;1-14-9-6-12(7-10-14)13-8-5-11-3-2-4-11/h3-9,18H,10-12H2,1-2H3;5,12-13H,2-4,6-10H2,1H3. The highest BCUT2D eigenvalue weighted by molar-refractivity contribution is 7.19. The first kappa shape index (κ1) is 25.2. The molecule has 2 fully saturated rings. The van der Waals surface area contributed by atoms with Crippen LogP contribution in [0.15, 0.2) is 54.1 Å². The maximum atomic E-state index is 3.64.